The van der Waals surface area contributed by atoms with E-state index in [-0.39, 0.29) is 11.8 Å². The van der Waals surface area contributed by atoms with Gasteiger partial charge in [-0.15, -0.1) is 10.2 Å². The van der Waals surface area contributed by atoms with Gasteiger partial charge in [-0.05, 0) is 25.1 Å². The van der Waals surface area contributed by atoms with E-state index in [1.54, 1.807) is 25.1 Å². The zero-order valence-corrected chi connectivity index (χ0v) is 14.8. The maximum atomic E-state index is 12.4. The predicted molar refractivity (Wildman–Crippen MR) is 96.5 cm³/mol. The van der Waals surface area contributed by atoms with Crippen LogP contribution in [-0.4, -0.2) is 25.7 Å². The molecule has 0 atom stereocenters. The van der Waals surface area contributed by atoms with E-state index in [0.29, 0.717) is 28.3 Å². The summed E-state index contributed by atoms with van der Waals surface area (Å²) in [7, 11) is 0. The van der Waals surface area contributed by atoms with Gasteiger partial charge in [0.25, 0.3) is 5.91 Å². The summed E-state index contributed by atoms with van der Waals surface area (Å²) in [5.41, 5.74) is 0.0338. The number of hydrogen-bond acceptors (Lipinski definition) is 6. The highest BCUT2D eigenvalue weighted by Crippen LogP contribution is 2.23. The first-order valence-electron chi connectivity index (χ1n) is 7.82. The van der Waals surface area contributed by atoms with Gasteiger partial charge in [0.05, 0.1) is 11.0 Å². The number of rotatable bonds is 4. The minimum Gasteiger partial charge on any atom is -0.316 e. The van der Waals surface area contributed by atoms with E-state index in [0.717, 1.165) is 5.01 Å². The number of nitrogens with one attached hydrogen (secondary N) is 2. The van der Waals surface area contributed by atoms with E-state index in [1.165, 1.54) is 15.9 Å². The average molecular weight is 359 g/mol. The smallest absolute Gasteiger partial charge is 0.316 e. The normalized spacial score (nSPS) is 11.2. The first-order valence-corrected chi connectivity index (χ1v) is 8.64. The van der Waals surface area contributed by atoms with Crippen LogP contribution >= 0.6 is 11.3 Å². The number of hydrogen-bond donors (Lipinski definition) is 2. The second-order valence-corrected chi connectivity index (χ2v) is 6.80. The number of aromatic amines is 1. The molecule has 2 heterocycles. The molecule has 1 aromatic carbocycles. The third kappa shape index (κ3) is 3.22. The summed E-state index contributed by atoms with van der Waals surface area (Å²) in [5.74, 6) is -0.122. The maximum absolute atomic E-state index is 12.4. The lowest BCUT2D eigenvalue weighted by Crippen LogP contribution is -2.36. The Morgan fingerprint density at radius 2 is 2.08 bits per heavy atom. The highest BCUT2D eigenvalue weighted by Gasteiger charge is 2.14. The average Bonchev–Trinajstić information content (AvgIpc) is 3.04. The molecule has 2 aromatic heterocycles. The fraction of sp³-hybridized carbons (Fsp3) is 0.312. The summed E-state index contributed by atoms with van der Waals surface area (Å²) in [6.45, 7) is 6.15. The summed E-state index contributed by atoms with van der Waals surface area (Å²) in [4.78, 5) is 38.5. The van der Waals surface area contributed by atoms with Gasteiger partial charge in [-0.3, -0.25) is 19.7 Å². The molecule has 130 valence electrons. The van der Waals surface area contributed by atoms with Gasteiger partial charge in [-0.1, -0.05) is 25.2 Å². The number of aryl methyl sites for hydroxylation is 1. The van der Waals surface area contributed by atoms with Crippen LogP contribution in [-0.2, 0) is 6.54 Å². The molecule has 0 fully saturated rings. The maximum Gasteiger partial charge on any atom is 0.316 e. The van der Waals surface area contributed by atoms with Crippen LogP contribution in [0.3, 0.4) is 0 Å². The number of amides is 1. The lowest BCUT2D eigenvalue weighted by Gasteiger charge is -2.08. The largest absolute Gasteiger partial charge is 0.316 e. The molecular formula is C16H17N5O3S. The standard InChI is InChI=1S/C16H17N5O3S/c1-4-21-11-6-5-9(7-10(11)17-13(23)15(21)24)12(22)18-16-20-19-14(25-16)8(2)3/h5-8H,4H2,1-3H3,(H,17,23)(H,18,20,22). The first-order chi connectivity index (χ1) is 11.9. The number of benzene rings is 1. The number of anilines is 1. The fourth-order valence-electron chi connectivity index (χ4n) is 2.42. The second kappa shape index (κ2) is 6.60. The Morgan fingerprint density at radius 3 is 2.72 bits per heavy atom. The molecule has 0 saturated carbocycles. The molecule has 2 N–H and O–H groups in total. The molecule has 0 aliphatic carbocycles. The summed E-state index contributed by atoms with van der Waals surface area (Å²) in [6, 6.07) is 4.79. The molecule has 0 saturated heterocycles. The zero-order valence-electron chi connectivity index (χ0n) is 14.0. The first kappa shape index (κ1) is 17.0. The van der Waals surface area contributed by atoms with Crippen LogP contribution in [0.5, 0.6) is 0 Å². The monoisotopic (exact) mass is 359 g/mol. The number of aromatic nitrogens is 4. The topological polar surface area (TPSA) is 110 Å². The van der Waals surface area contributed by atoms with Gasteiger partial charge in [-0.25, -0.2) is 0 Å². The van der Waals surface area contributed by atoms with Crippen molar-refractivity contribution in [1.29, 1.82) is 0 Å². The number of fused-ring (bicyclic) bond motifs is 1. The highest BCUT2D eigenvalue weighted by atomic mass is 32.1. The van der Waals surface area contributed by atoms with Crippen molar-refractivity contribution in [2.45, 2.75) is 33.2 Å². The van der Waals surface area contributed by atoms with Crippen molar-refractivity contribution in [1.82, 2.24) is 19.7 Å². The molecule has 3 rings (SSSR count). The summed E-state index contributed by atoms with van der Waals surface area (Å²) in [5, 5.41) is 11.9. The zero-order chi connectivity index (χ0) is 18.1. The van der Waals surface area contributed by atoms with Crippen molar-refractivity contribution in [2.75, 3.05) is 5.32 Å². The van der Waals surface area contributed by atoms with E-state index in [4.69, 9.17) is 0 Å². The Morgan fingerprint density at radius 1 is 1.32 bits per heavy atom. The van der Waals surface area contributed by atoms with Gasteiger partial charge >= 0.3 is 11.1 Å². The van der Waals surface area contributed by atoms with Crippen molar-refractivity contribution in [3.63, 3.8) is 0 Å². The second-order valence-electron chi connectivity index (χ2n) is 5.79. The van der Waals surface area contributed by atoms with E-state index < -0.39 is 11.1 Å². The summed E-state index contributed by atoms with van der Waals surface area (Å²) >= 11 is 1.32. The number of carbonyl (C=O) groups excluding carboxylic acids is 1. The van der Waals surface area contributed by atoms with Gasteiger partial charge in [0, 0.05) is 18.0 Å². The van der Waals surface area contributed by atoms with Crippen LogP contribution in [0.25, 0.3) is 11.0 Å². The Balaban J connectivity index is 1.95. The van der Waals surface area contributed by atoms with Crippen LogP contribution in [0, 0.1) is 0 Å². The van der Waals surface area contributed by atoms with Crippen molar-refractivity contribution in [2.24, 2.45) is 0 Å². The van der Waals surface area contributed by atoms with Gasteiger partial charge in [-0.2, -0.15) is 0 Å². The van der Waals surface area contributed by atoms with E-state index in [1.807, 2.05) is 13.8 Å². The Hall–Kier alpha value is -2.81. The van der Waals surface area contributed by atoms with Crippen LogP contribution < -0.4 is 16.4 Å². The van der Waals surface area contributed by atoms with Gasteiger partial charge in [0.15, 0.2) is 0 Å². The minimum atomic E-state index is -0.711. The minimum absolute atomic E-state index is 0.236. The molecule has 0 bridgehead atoms. The van der Waals surface area contributed by atoms with Gasteiger partial charge in [0.1, 0.15) is 5.01 Å². The van der Waals surface area contributed by atoms with Crippen molar-refractivity contribution < 1.29 is 4.79 Å². The van der Waals surface area contributed by atoms with Crippen molar-refractivity contribution in [3.05, 3.63) is 49.5 Å². The third-order valence-electron chi connectivity index (χ3n) is 3.71. The molecule has 0 aliphatic heterocycles. The lowest BCUT2D eigenvalue weighted by atomic mass is 10.2. The van der Waals surface area contributed by atoms with Crippen LogP contribution in [0.4, 0.5) is 5.13 Å². The SMILES string of the molecule is CCn1c(=O)c(=O)[nH]c2cc(C(=O)Nc3nnc(C(C)C)s3)ccc21. The van der Waals surface area contributed by atoms with Crippen molar-refractivity contribution >= 4 is 33.4 Å². The van der Waals surface area contributed by atoms with E-state index in [9.17, 15) is 14.4 Å². The quantitative estimate of drug-likeness (QED) is 0.692. The molecule has 25 heavy (non-hydrogen) atoms. The van der Waals surface area contributed by atoms with Crippen LogP contribution in [0.2, 0.25) is 0 Å². The van der Waals surface area contributed by atoms with Gasteiger partial charge < -0.3 is 9.55 Å². The Bertz CT molecular complexity index is 1060. The number of carbonyl (C=O) groups is 1. The molecule has 1 amide bonds. The highest BCUT2D eigenvalue weighted by molar-refractivity contribution is 7.15. The van der Waals surface area contributed by atoms with Crippen molar-refractivity contribution in [3.8, 4) is 0 Å². The van der Waals surface area contributed by atoms with Gasteiger partial charge in [0.2, 0.25) is 5.13 Å². The number of H-pyrrole nitrogens is 1. The predicted octanol–water partition coefficient (Wildman–Crippen LogP) is 1.94. The number of nitrogens with zero attached hydrogens (tertiary/aromatic N) is 3. The van der Waals surface area contributed by atoms with Crippen LogP contribution in [0.1, 0.15) is 42.1 Å². The molecule has 0 unspecified atom stereocenters. The molecular weight excluding hydrogens is 342 g/mol. The third-order valence-corrected chi connectivity index (χ3v) is 4.85. The Kier molecular flexibility index (Phi) is 4.49. The van der Waals surface area contributed by atoms with Crippen LogP contribution in [0.15, 0.2) is 27.8 Å². The summed E-state index contributed by atoms with van der Waals surface area (Å²) in [6.07, 6.45) is 0. The molecule has 9 heteroatoms. The Labute approximate surface area is 146 Å². The molecule has 8 nitrogen and oxygen atoms in total. The summed E-state index contributed by atoms with van der Waals surface area (Å²) < 4.78 is 1.37. The molecule has 0 radical (unpaired) electrons. The lowest BCUT2D eigenvalue weighted by molar-refractivity contribution is 0.102. The molecule has 0 spiro atoms. The fourth-order valence-corrected chi connectivity index (χ4v) is 3.16. The molecule has 3 aromatic rings. The van der Waals surface area contributed by atoms with E-state index in [2.05, 4.69) is 20.5 Å². The molecule has 0 aliphatic rings. The van der Waals surface area contributed by atoms with E-state index >= 15 is 0 Å².